The fraction of sp³-hybridized carbons (Fsp3) is 0. The van der Waals surface area contributed by atoms with E-state index in [1.54, 1.807) is 0 Å². The van der Waals surface area contributed by atoms with E-state index in [1.165, 1.54) is 0 Å². The second-order valence-corrected chi connectivity index (χ2v) is 6.34. The fourth-order valence-electron chi connectivity index (χ4n) is 3.53. The van der Waals surface area contributed by atoms with Gasteiger partial charge in [0, 0.05) is 11.1 Å². The molecule has 0 saturated carbocycles. The van der Waals surface area contributed by atoms with Crippen LogP contribution in [0.2, 0.25) is 0 Å². The van der Waals surface area contributed by atoms with Gasteiger partial charge in [0.05, 0.1) is 33.1 Å². The molecule has 3 aromatic carbocycles. The number of ketones is 1. The summed E-state index contributed by atoms with van der Waals surface area (Å²) in [6, 6.07) is 19.0. The smallest absolute Gasteiger partial charge is 0.214 e. The first-order valence-corrected chi connectivity index (χ1v) is 8.30. The minimum absolute atomic E-state index is 0.0744. The van der Waals surface area contributed by atoms with Crippen molar-refractivity contribution < 1.29 is 4.79 Å². The van der Waals surface area contributed by atoms with Crippen LogP contribution in [0.15, 0.2) is 60.7 Å². The van der Waals surface area contributed by atoms with Crippen LogP contribution in [0.25, 0.3) is 44.4 Å². The lowest BCUT2D eigenvalue weighted by molar-refractivity contribution is 0.103. The monoisotopic (exact) mass is 334 g/mol. The van der Waals surface area contributed by atoms with Crippen molar-refractivity contribution in [1.82, 2.24) is 19.9 Å². The molecule has 0 fully saturated rings. The summed E-state index contributed by atoms with van der Waals surface area (Å²) in [5, 5.41) is 0. The van der Waals surface area contributed by atoms with Crippen LogP contribution in [0.4, 0.5) is 0 Å². The number of fused-ring (bicyclic) bond motifs is 6. The molecule has 2 aromatic heterocycles. The third-order valence-electron chi connectivity index (χ3n) is 4.77. The second kappa shape index (κ2) is 4.67. The van der Waals surface area contributed by atoms with Gasteiger partial charge >= 0.3 is 0 Å². The summed E-state index contributed by atoms with van der Waals surface area (Å²) < 4.78 is 0. The highest BCUT2D eigenvalue weighted by atomic mass is 16.1. The van der Waals surface area contributed by atoms with Gasteiger partial charge in [-0.05, 0) is 24.3 Å². The predicted octanol–water partition coefficient (Wildman–Crippen LogP) is 3.94. The topological polar surface area (TPSA) is 68.6 Å². The van der Waals surface area contributed by atoms with Gasteiger partial charge in [0.1, 0.15) is 11.4 Å². The summed E-state index contributed by atoms with van der Waals surface area (Å²) in [7, 11) is 0. The van der Waals surface area contributed by atoms with Gasteiger partial charge in [-0.2, -0.15) is 0 Å². The van der Waals surface area contributed by atoms with Gasteiger partial charge in [-0.15, -0.1) is 0 Å². The van der Waals surface area contributed by atoms with E-state index in [0.717, 1.165) is 27.6 Å². The molecule has 5 aromatic rings. The van der Waals surface area contributed by atoms with E-state index in [2.05, 4.69) is 15.0 Å². The number of carbonyl (C=O) groups excluding carboxylic acids is 1. The average Bonchev–Trinajstić information content (AvgIpc) is 2.95. The molecular weight excluding hydrogens is 324 g/mol. The van der Waals surface area contributed by atoms with Crippen LogP contribution in [0.5, 0.6) is 0 Å². The molecule has 6 rings (SSSR count). The molecular formula is C21H10N4O. The van der Waals surface area contributed by atoms with Gasteiger partial charge in [-0.25, -0.2) is 19.9 Å². The predicted molar refractivity (Wildman–Crippen MR) is 99.0 cm³/mol. The largest absolute Gasteiger partial charge is 0.287 e. The van der Waals surface area contributed by atoms with Crippen molar-refractivity contribution in [2.75, 3.05) is 0 Å². The van der Waals surface area contributed by atoms with E-state index in [4.69, 9.17) is 4.98 Å². The van der Waals surface area contributed by atoms with Crippen LogP contribution in [-0.4, -0.2) is 25.7 Å². The Labute approximate surface area is 147 Å². The van der Waals surface area contributed by atoms with Crippen molar-refractivity contribution in [3.05, 3.63) is 71.9 Å². The Balaban J connectivity index is 1.70. The SMILES string of the molecule is O=C1c2ccccc2-c2nc3cc4nc5ccccc5nc4cc3nc21. The first-order valence-electron chi connectivity index (χ1n) is 8.30. The number of para-hydroxylation sites is 2. The molecule has 0 bridgehead atoms. The molecule has 120 valence electrons. The Hall–Kier alpha value is -3.73. The molecule has 0 aliphatic heterocycles. The van der Waals surface area contributed by atoms with Crippen molar-refractivity contribution in [3.8, 4) is 11.3 Å². The van der Waals surface area contributed by atoms with Crippen LogP contribution in [0, 0.1) is 0 Å². The first-order chi connectivity index (χ1) is 12.8. The van der Waals surface area contributed by atoms with Crippen molar-refractivity contribution in [3.63, 3.8) is 0 Å². The third-order valence-corrected chi connectivity index (χ3v) is 4.77. The van der Waals surface area contributed by atoms with Crippen LogP contribution < -0.4 is 0 Å². The molecule has 0 atom stereocenters. The molecule has 5 heteroatoms. The van der Waals surface area contributed by atoms with Gasteiger partial charge in [-0.1, -0.05) is 36.4 Å². The summed E-state index contributed by atoms with van der Waals surface area (Å²) in [6.45, 7) is 0. The lowest BCUT2D eigenvalue weighted by atomic mass is 10.1. The van der Waals surface area contributed by atoms with E-state index in [0.29, 0.717) is 28.0 Å². The van der Waals surface area contributed by atoms with E-state index < -0.39 is 0 Å². The molecule has 26 heavy (non-hydrogen) atoms. The summed E-state index contributed by atoms with van der Waals surface area (Å²) in [5.74, 6) is -0.0744. The van der Waals surface area contributed by atoms with Crippen molar-refractivity contribution in [2.24, 2.45) is 0 Å². The molecule has 0 amide bonds. The average molecular weight is 334 g/mol. The zero-order valence-corrected chi connectivity index (χ0v) is 13.5. The quantitative estimate of drug-likeness (QED) is 0.394. The maximum Gasteiger partial charge on any atom is 0.214 e. The zero-order chi connectivity index (χ0) is 17.3. The van der Waals surface area contributed by atoms with Gasteiger partial charge in [0.2, 0.25) is 5.78 Å². The van der Waals surface area contributed by atoms with Crippen molar-refractivity contribution in [1.29, 1.82) is 0 Å². The molecule has 1 aliphatic carbocycles. The number of rotatable bonds is 0. The molecule has 0 saturated heterocycles. The maximum absolute atomic E-state index is 12.6. The van der Waals surface area contributed by atoms with Gasteiger partial charge in [-0.3, -0.25) is 4.79 Å². The van der Waals surface area contributed by atoms with Crippen LogP contribution in [-0.2, 0) is 0 Å². The van der Waals surface area contributed by atoms with Gasteiger partial charge in [0.15, 0.2) is 0 Å². The van der Waals surface area contributed by atoms with Crippen molar-refractivity contribution >= 4 is 38.9 Å². The molecule has 1 aliphatic rings. The summed E-state index contributed by atoms with van der Waals surface area (Å²) in [5.41, 5.74) is 7.10. The highest BCUT2D eigenvalue weighted by Gasteiger charge is 2.29. The summed E-state index contributed by atoms with van der Waals surface area (Å²) >= 11 is 0. The van der Waals surface area contributed by atoms with Crippen molar-refractivity contribution in [2.45, 2.75) is 0 Å². The van der Waals surface area contributed by atoms with Crippen LogP contribution in [0.3, 0.4) is 0 Å². The minimum Gasteiger partial charge on any atom is -0.287 e. The lowest BCUT2D eigenvalue weighted by Gasteiger charge is -2.05. The second-order valence-electron chi connectivity index (χ2n) is 6.34. The number of hydrogen-bond donors (Lipinski definition) is 0. The molecule has 0 N–H and O–H groups in total. The summed E-state index contributed by atoms with van der Waals surface area (Å²) in [4.78, 5) is 31.3. The van der Waals surface area contributed by atoms with E-state index in [1.807, 2.05) is 60.7 Å². The van der Waals surface area contributed by atoms with Crippen LogP contribution in [0.1, 0.15) is 16.1 Å². The fourth-order valence-corrected chi connectivity index (χ4v) is 3.53. The van der Waals surface area contributed by atoms with Gasteiger partial charge in [0.25, 0.3) is 0 Å². The van der Waals surface area contributed by atoms with E-state index >= 15 is 0 Å². The third kappa shape index (κ3) is 1.71. The number of hydrogen-bond acceptors (Lipinski definition) is 5. The molecule has 2 heterocycles. The Bertz CT molecular complexity index is 1410. The summed E-state index contributed by atoms with van der Waals surface area (Å²) in [6.07, 6.45) is 0. The Morgan fingerprint density at radius 1 is 0.500 bits per heavy atom. The standard InChI is InChI=1S/C21H10N4O/c26-21-12-6-2-1-5-11(12)19-20(21)25-18-10-16-15(9-17(18)24-19)22-13-7-3-4-8-14(13)23-16/h1-10H. The molecule has 0 unspecified atom stereocenters. The highest BCUT2D eigenvalue weighted by Crippen LogP contribution is 2.35. The Kier molecular flexibility index (Phi) is 2.43. The van der Waals surface area contributed by atoms with E-state index in [9.17, 15) is 4.79 Å². The van der Waals surface area contributed by atoms with Crippen LogP contribution >= 0.6 is 0 Å². The Morgan fingerprint density at radius 3 is 1.65 bits per heavy atom. The number of carbonyl (C=O) groups is 1. The molecule has 0 radical (unpaired) electrons. The van der Waals surface area contributed by atoms with E-state index in [-0.39, 0.29) is 5.78 Å². The zero-order valence-electron chi connectivity index (χ0n) is 13.5. The maximum atomic E-state index is 12.6. The Morgan fingerprint density at radius 2 is 1.00 bits per heavy atom. The minimum atomic E-state index is -0.0744. The highest BCUT2D eigenvalue weighted by molar-refractivity contribution is 6.20. The lowest BCUT2D eigenvalue weighted by Crippen LogP contribution is -2.00. The number of benzene rings is 3. The molecule has 5 nitrogen and oxygen atoms in total. The number of aromatic nitrogens is 4. The van der Waals surface area contributed by atoms with Gasteiger partial charge < -0.3 is 0 Å². The normalized spacial score (nSPS) is 12.7. The number of nitrogens with zero attached hydrogens (tertiary/aromatic N) is 4. The first kappa shape index (κ1) is 13.5. The molecule has 0 spiro atoms.